The average molecular weight is 473 g/mol. The summed E-state index contributed by atoms with van der Waals surface area (Å²) in [5.74, 6) is -3.55. The maximum Gasteiger partial charge on any atom is 0.333 e. The molecule has 2 saturated carbocycles. The highest BCUT2D eigenvalue weighted by atomic mass is 16.6. The predicted octanol–water partition coefficient (Wildman–Crippen LogP) is 2.90. The van der Waals surface area contributed by atoms with Crippen LogP contribution >= 0.6 is 0 Å². The standard InChI is InChI=1S/C27H36O7/c1-8-13(2)24(31)33-23-15(4)26(32)19-9-14(3)21(30)18(19)10-17(12-28)11-20(26)22-25(6,7)27(22,23)34-16(5)29/h8-9,11,15,18-20,22-23,28,32H,10,12H2,1-7H3/b13-8+/t15-,18+,19+,20+,22-,23+,26-,27+/m0/s1. The number of aliphatic hydroxyl groups excluding tert-OH is 1. The van der Waals surface area contributed by atoms with E-state index in [4.69, 9.17) is 9.47 Å². The number of fused-ring (bicyclic) bond motifs is 5. The van der Waals surface area contributed by atoms with Crippen LogP contribution in [0.1, 0.15) is 54.9 Å². The third-order valence-electron chi connectivity index (χ3n) is 9.19. The lowest BCUT2D eigenvalue weighted by Gasteiger charge is -2.52. The summed E-state index contributed by atoms with van der Waals surface area (Å²) >= 11 is 0. The van der Waals surface area contributed by atoms with E-state index in [1.54, 1.807) is 26.8 Å². The zero-order valence-corrected chi connectivity index (χ0v) is 21.0. The number of ether oxygens (including phenoxy) is 2. The highest BCUT2D eigenvalue weighted by molar-refractivity contribution is 6.00. The first-order valence-corrected chi connectivity index (χ1v) is 12.1. The Kier molecular flexibility index (Phi) is 5.77. The zero-order chi connectivity index (χ0) is 25.4. The maximum absolute atomic E-state index is 13.0. The van der Waals surface area contributed by atoms with Gasteiger partial charge in [0.1, 0.15) is 6.10 Å². The molecular formula is C27H36O7. The van der Waals surface area contributed by atoms with Crippen molar-refractivity contribution in [2.45, 2.75) is 72.2 Å². The first kappa shape index (κ1) is 24.9. The number of rotatable bonds is 4. The van der Waals surface area contributed by atoms with Gasteiger partial charge in [0.2, 0.25) is 0 Å². The lowest BCUT2D eigenvalue weighted by Crippen LogP contribution is -2.63. The number of hydrogen-bond donors (Lipinski definition) is 2. The molecule has 34 heavy (non-hydrogen) atoms. The topological polar surface area (TPSA) is 110 Å². The van der Waals surface area contributed by atoms with Crippen molar-refractivity contribution in [1.82, 2.24) is 0 Å². The Morgan fingerprint density at radius 3 is 2.41 bits per heavy atom. The van der Waals surface area contributed by atoms with Crippen LogP contribution in [0.4, 0.5) is 0 Å². The number of Topliss-reactive ketones (excluding diaryl/α,β-unsaturated/α-hetero) is 1. The van der Waals surface area contributed by atoms with E-state index in [0.29, 0.717) is 23.1 Å². The highest BCUT2D eigenvalue weighted by Gasteiger charge is 2.87. The Hall–Kier alpha value is -2.25. The Bertz CT molecular complexity index is 1030. The fraction of sp³-hybridized carbons (Fsp3) is 0.667. The van der Waals surface area contributed by atoms with Gasteiger partial charge in [-0.3, -0.25) is 9.59 Å². The fourth-order valence-corrected chi connectivity index (χ4v) is 7.32. The molecule has 0 spiro atoms. The minimum Gasteiger partial charge on any atom is -0.454 e. The minimum absolute atomic E-state index is 0.0317. The van der Waals surface area contributed by atoms with E-state index in [1.165, 1.54) is 6.92 Å². The van der Waals surface area contributed by atoms with Crippen LogP contribution in [0.2, 0.25) is 0 Å². The third kappa shape index (κ3) is 3.05. The Labute approximate surface area is 200 Å². The van der Waals surface area contributed by atoms with Gasteiger partial charge in [-0.2, -0.15) is 0 Å². The van der Waals surface area contributed by atoms with Crippen LogP contribution < -0.4 is 0 Å². The number of allylic oxidation sites excluding steroid dienone is 2. The Balaban J connectivity index is 1.92. The van der Waals surface area contributed by atoms with Crippen LogP contribution in [-0.4, -0.2) is 51.8 Å². The van der Waals surface area contributed by atoms with E-state index in [0.717, 1.165) is 0 Å². The number of ketones is 1. The summed E-state index contributed by atoms with van der Waals surface area (Å²) in [4.78, 5) is 38.3. The van der Waals surface area contributed by atoms with Gasteiger partial charge in [0, 0.05) is 47.5 Å². The summed E-state index contributed by atoms with van der Waals surface area (Å²) < 4.78 is 12.0. The van der Waals surface area contributed by atoms with E-state index < -0.39 is 58.3 Å². The summed E-state index contributed by atoms with van der Waals surface area (Å²) in [7, 11) is 0. The second-order valence-corrected chi connectivity index (χ2v) is 11.1. The van der Waals surface area contributed by atoms with Crippen LogP contribution in [0.15, 0.2) is 34.9 Å². The quantitative estimate of drug-likeness (QED) is 0.368. The number of hydrogen-bond acceptors (Lipinski definition) is 7. The van der Waals surface area contributed by atoms with Crippen molar-refractivity contribution in [1.29, 1.82) is 0 Å². The smallest absolute Gasteiger partial charge is 0.333 e. The number of carbonyl (C=O) groups is 3. The summed E-state index contributed by atoms with van der Waals surface area (Å²) in [6, 6.07) is 0. The van der Waals surface area contributed by atoms with E-state index in [9.17, 15) is 24.6 Å². The normalized spacial score (nSPS) is 42.4. The second-order valence-electron chi connectivity index (χ2n) is 11.1. The molecule has 4 aliphatic rings. The van der Waals surface area contributed by atoms with Crippen molar-refractivity contribution in [2.24, 2.45) is 35.0 Å². The Morgan fingerprint density at radius 1 is 1.21 bits per heavy atom. The van der Waals surface area contributed by atoms with Crippen LogP contribution in [0.5, 0.6) is 0 Å². The minimum atomic E-state index is -1.44. The van der Waals surface area contributed by atoms with Gasteiger partial charge in [0.25, 0.3) is 0 Å². The predicted molar refractivity (Wildman–Crippen MR) is 124 cm³/mol. The van der Waals surface area contributed by atoms with Crippen molar-refractivity contribution < 1.29 is 34.1 Å². The monoisotopic (exact) mass is 472 g/mol. The van der Waals surface area contributed by atoms with Gasteiger partial charge < -0.3 is 19.7 Å². The van der Waals surface area contributed by atoms with E-state index >= 15 is 0 Å². The molecule has 0 saturated heterocycles. The lowest BCUT2D eigenvalue weighted by molar-refractivity contribution is -0.218. The molecule has 2 N–H and O–H groups in total. The molecule has 0 aromatic rings. The van der Waals surface area contributed by atoms with Gasteiger partial charge in [-0.1, -0.05) is 39.0 Å². The van der Waals surface area contributed by atoms with Crippen LogP contribution in [-0.2, 0) is 23.9 Å². The van der Waals surface area contributed by atoms with E-state index in [-0.39, 0.29) is 18.3 Å². The molecule has 7 heteroatoms. The van der Waals surface area contributed by atoms with Crippen LogP contribution in [0.25, 0.3) is 0 Å². The number of aliphatic hydroxyl groups is 2. The molecular weight excluding hydrogens is 436 g/mol. The zero-order valence-electron chi connectivity index (χ0n) is 21.0. The molecule has 2 fully saturated rings. The summed E-state index contributed by atoms with van der Waals surface area (Å²) in [5, 5.41) is 22.6. The Morgan fingerprint density at radius 2 is 1.85 bits per heavy atom. The van der Waals surface area contributed by atoms with Crippen LogP contribution in [0, 0.1) is 35.0 Å². The SMILES string of the molecule is C/C=C(\C)C(=O)O[C@@H]1[C@H](C)[C@]2(O)[C@@H]3C=C(C)C(=O)[C@@H]3CC(CO)=C[C@@H]2[C@H]2C(C)(C)[C@]12OC(C)=O. The number of carbonyl (C=O) groups excluding carboxylic acids is 3. The molecule has 0 aromatic heterocycles. The summed E-state index contributed by atoms with van der Waals surface area (Å²) in [5.41, 5.74) is -1.47. The molecule has 8 atom stereocenters. The van der Waals surface area contributed by atoms with Gasteiger partial charge in [0.15, 0.2) is 11.4 Å². The molecule has 0 aromatic carbocycles. The molecule has 0 heterocycles. The molecule has 186 valence electrons. The second kappa shape index (κ2) is 7.89. The molecule has 0 radical (unpaired) electrons. The highest BCUT2D eigenvalue weighted by Crippen LogP contribution is 2.76. The van der Waals surface area contributed by atoms with Crippen molar-refractivity contribution >= 4 is 17.7 Å². The van der Waals surface area contributed by atoms with Gasteiger partial charge in [-0.15, -0.1) is 0 Å². The molecule has 7 nitrogen and oxygen atoms in total. The molecule has 0 bridgehead atoms. The van der Waals surface area contributed by atoms with Crippen molar-refractivity contribution in [3.05, 3.63) is 34.9 Å². The fourth-order valence-electron chi connectivity index (χ4n) is 7.32. The van der Waals surface area contributed by atoms with E-state index in [2.05, 4.69) is 0 Å². The maximum atomic E-state index is 13.0. The van der Waals surface area contributed by atoms with Crippen molar-refractivity contribution in [3.8, 4) is 0 Å². The third-order valence-corrected chi connectivity index (χ3v) is 9.19. The number of esters is 2. The van der Waals surface area contributed by atoms with Gasteiger partial charge in [-0.25, -0.2) is 4.79 Å². The van der Waals surface area contributed by atoms with Gasteiger partial charge in [-0.05, 0) is 38.3 Å². The van der Waals surface area contributed by atoms with Crippen molar-refractivity contribution in [2.75, 3.05) is 6.61 Å². The van der Waals surface area contributed by atoms with Gasteiger partial charge in [0.05, 0.1) is 12.2 Å². The molecule has 4 rings (SSSR count). The molecule has 0 aliphatic heterocycles. The molecule has 4 aliphatic carbocycles. The first-order valence-electron chi connectivity index (χ1n) is 12.1. The molecule has 0 unspecified atom stereocenters. The average Bonchev–Trinajstić information content (AvgIpc) is 3.16. The van der Waals surface area contributed by atoms with Crippen molar-refractivity contribution in [3.63, 3.8) is 0 Å². The molecule has 0 amide bonds. The summed E-state index contributed by atoms with van der Waals surface area (Å²) in [6.07, 6.45) is 4.83. The van der Waals surface area contributed by atoms with Crippen LogP contribution in [0.3, 0.4) is 0 Å². The first-order chi connectivity index (χ1) is 15.8. The largest absolute Gasteiger partial charge is 0.454 e. The lowest BCUT2D eigenvalue weighted by atomic mass is 9.60. The van der Waals surface area contributed by atoms with E-state index in [1.807, 2.05) is 32.9 Å². The van der Waals surface area contributed by atoms with Gasteiger partial charge >= 0.3 is 11.9 Å². The summed E-state index contributed by atoms with van der Waals surface area (Å²) in [6.45, 7) is 12.0.